The van der Waals surface area contributed by atoms with Crippen LogP contribution in [0.15, 0.2) is 24.3 Å². The first-order valence-corrected chi connectivity index (χ1v) is 5.75. The van der Waals surface area contributed by atoms with Gasteiger partial charge in [-0.3, -0.25) is 4.79 Å². The maximum atomic E-state index is 11.7. The summed E-state index contributed by atoms with van der Waals surface area (Å²) in [6.45, 7) is 4.38. The van der Waals surface area contributed by atoms with Crippen molar-refractivity contribution < 1.29 is 9.53 Å². The van der Waals surface area contributed by atoms with Crippen molar-refractivity contribution in [3.05, 3.63) is 24.3 Å². The van der Waals surface area contributed by atoms with Crippen LogP contribution in [0.4, 0.5) is 5.69 Å². The number of hydrogen-bond donors (Lipinski definition) is 1. The van der Waals surface area contributed by atoms with E-state index in [0.29, 0.717) is 6.61 Å². The SMILES string of the molecule is CCOc1ccccc1NC(C)C(=O)N(C)C. The van der Waals surface area contributed by atoms with Gasteiger partial charge in [-0.25, -0.2) is 0 Å². The minimum Gasteiger partial charge on any atom is -0.492 e. The molecule has 0 saturated heterocycles. The lowest BCUT2D eigenvalue weighted by Gasteiger charge is -2.20. The van der Waals surface area contributed by atoms with Crippen molar-refractivity contribution in [2.75, 3.05) is 26.0 Å². The molecule has 0 saturated carbocycles. The molecule has 4 nitrogen and oxygen atoms in total. The van der Waals surface area contributed by atoms with Gasteiger partial charge in [0.1, 0.15) is 11.8 Å². The number of hydrogen-bond acceptors (Lipinski definition) is 3. The van der Waals surface area contributed by atoms with E-state index in [1.807, 2.05) is 38.1 Å². The van der Waals surface area contributed by atoms with E-state index in [1.54, 1.807) is 19.0 Å². The highest BCUT2D eigenvalue weighted by Gasteiger charge is 2.15. The molecular formula is C13H20N2O2. The molecule has 0 aliphatic rings. The van der Waals surface area contributed by atoms with Gasteiger partial charge < -0.3 is 15.0 Å². The number of para-hydroxylation sites is 2. The molecule has 1 atom stereocenters. The zero-order valence-corrected chi connectivity index (χ0v) is 10.9. The van der Waals surface area contributed by atoms with Crippen molar-refractivity contribution in [2.45, 2.75) is 19.9 Å². The van der Waals surface area contributed by atoms with E-state index in [0.717, 1.165) is 11.4 Å². The maximum Gasteiger partial charge on any atom is 0.244 e. The molecule has 0 aliphatic heterocycles. The van der Waals surface area contributed by atoms with Crippen molar-refractivity contribution in [3.63, 3.8) is 0 Å². The minimum absolute atomic E-state index is 0.0382. The number of amides is 1. The van der Waals surface area contributed by atoms with Gasteiger partial charge in [0.15, 0.2) is 0 Å². The quantitative estimate of drug-likeness (QED) is 0.850. The Labute approximate surface area is 103 Å². The first-order chi connectivity index (χ1) is 8.06. The van der Waals surface area contributed by atoms with Crippen LogP contribution in [0.5, 0.6) is 5.75 Å². The van der Waals surface area contributed by atoms with Crippen LogP contribution in [-0.4, -0.2) is 37.6 Å². The van der Waals surface area contributed by atoms with Gasteiger partial charge in [0.2, 0.25) is 5.91 Å². The van der Waals surface area contributed by atoms with Crippen LogP contribution in [0.2, 0.25) is 0 Å². The van der Waals surface area contributed by atoms with Crippen molar-refractivity contribution in [1.29, 1.82) is 0 Å². The number of nitrogens with zero attached hydrogens (tertiary/aromatic N) is 1. The molecule has 0 radical (unpaired) electrons. The molecule has 1 amide bonds. The molecule has 0 heterocycles. The topological polar surface area (TPSA) is 41.6 Å². The molecular weight excluding hydrogens is 216 g/mol. The molecule has 17 heavy (non-hydrogen) atoms. The number of likely N-dealkylation sites (N-methyl/N-ethyl adjacent to an activating group) is 1. The summed E-state index contributed by atoms with van der Waals surface area (Å²) in [7, 11) is 3.49. The third-order valence-corrected chi connectivity index (χ3v) is 2.37. The van der Waals surface area contributed by atoms with Gasteiger partial charge in [-0.1, -0.05) is 12.1 Å². The molecule has 1 rings (SSSR count). The average Bonchev–Trinajstić information content (AvgIpc) is 2.30. The molecule has 1 unspecified atom stereocenters. The second kappa shape index (κ2) is 6.13. The fourth-order valence-electron chi connectivity index (χ4n) is 1.55. The monoisotopic (exact) mass is 236 g/mol. The van der Waals surface area contributed by atoms with Gasteiger partial charge in [0.25, 0.3) is 0 Å². The number of anilines is 1. The smallest absolute Gasteiger partial charge is 0.244 e. The molecule has 0 spiro atoms. The van der Waals surface area contributed by atoms with Crippen LogP contribution in [0, 0.1) is 0 Å². The molecule has 0 aliphatic carbocycles. The Bertz CT molecular complexity index is 377. The van der Waals surface area contributed by atoms with E-state index in [9.17, 15) is 4.79 Å². The van der Waals surface area contributed by atoms with Crippen LogP contribution in [0.3, 0.4) is 0 Å². The third-order valence-electron chi connectivity index (χ3n) is 2.37. The van der Waals surface area contributed by atoms with E-state index < -0.39 is 0 Å². The summed E-state index contributed by atoms with van der Waals surface area (Å²) in [5.41, 5.74) is 0.844. The number of carbonyl (C=O) groups excluding carboxylic acids is 1. The first-order valence-electron chi connectivity index (χ1n) is 5.75. The van der Waals surface area contributed by atoms with Crippen molar-refractivity contribution in [1.82, 2.24) is 4.90 Å². The van der Waals surface area contributed by atoms with Crippen LogP contribution >= 0.6 is 0 Å². The summed E-state index contributed by atoms with van der Waals surface area (Å²) >= 11 is 0. The molecule has 1 aromatic rings. The largest absolute Gasteiger partial charge is 0.492 e. The zero-order valence-electron chi connectivity index (χ0n) is 10.9. The fourth-order valence-corrected chi connectivity index (χ4v) is 1.55. The molecule has 94 valence electrons. The lowest BCUT2D eigenvalue weighted by atomic mass is 10.2. The van der Waals surface area contributed by atoms with Gasteiger partial charge in [-0.05, 0) is 26.0 Å². The van der Waals surface area contributed by atoms with Crippen molar-refractivity contribution in [2.24, 2.45) is 0 Å². The third kappa shape index (κ3) is 3.66. The summed E-state index contributed by atoms with van der Waals surface area (Å²) < 4.78 is 5.49. The summed E-state index contributed by atoms with van der Waals surface area (Å²) in [6, 6.07) is 7.35. The number of nitrogens with one attached hydrogen (secondary N) is 1. The lowest BCUT2D eigenvalue weighted by molar-refractivity contribution is -0.129. The Kier molecular flexibility index (Phi) is 4.82. The van der Waals surface area contributed by atoms with Crippen LogP contribution in [0.1, 0.15) is 13.8 Å². The van der Waals surface area contributed by atoms with Gasteiger partial charge in [-0.15, -0.1) is 0 Å². The van der Waals surface area contributed by atoms with Gasteiger partial charge >= 0.3 is 0 Å². The normalized spacial score (nSPS) is 11.8. The number of ether oxygens (including phenoxy) is 1. The number of rotatable bonds is 5. The maximum absolute atomic E-state index is 11.7. The zero-order chi connectivity index (χ0) is 12.8. The molecule has 1 N–H and O–H groups in total. The Morgan fingerprint density at radius 3 is 2.65 bits per heavy atom. The predicted molar refractivity (Wildman–Crippen MR) is 69.4 cm³/mol. The summed E-state index contributed by atoms with van der Waals surface area (Å²) in [5.74, 6) is 0.810. The highest BCUT2D eigenvalue weighted by molar-refractivity contribution is 5.84. The van der Waals surface area contributed by atoms with Gasteiger partial charge in [-0.2, -0.15) is 0 Å². The Balaban J connectivity index is 2.77. The standard InChI is InChI=1S/C13H20N2O2/c1-5-17-12-9-7-6-8-11(12)14-10(2)13(16)15(3)4/h6-10,14H,5H2,1-4H3. The van der Waals surface area contributed by atoms with Crippen molar-refractivity contribution in [3.8, 4) is 5.75 Å². The highest BCUT2D eigenvalue weighted by atomic mass is 16.5. The van der Waals surface area contributed by atoms with Gasteiger partial charge in [0.05, 0.1) is 12.3 Å². The van der Waals surface area contributed by atoms with E-state index >= 15 is 0 Å². The lowest BCUT2D eigenvalue weighted by Crippen LogP contribution is -2.36. The summed E-state index contributed by atoms with van der Waals surface area (Å²) in [5, 5.41) is 3.16. The number of benzene rings is 1. The van der Waals surface area contributed by atoms with Crippen LogP contribution < -0.4 is 10.1 Å². The Hall–Kier alpha value is -1.71. The fraction of sp³-hybridized carbons (Fsp3) is 0.462. The van der Waals surface area contributed by atoms with Crippen LogP contribution in [0.25, 0.3) is 0 Å². The molecule has 1 aromatic carbocycles. The average molecular weight is 236 g/mol. The first kappa shape index (κ1) is 13.4. The van der Waals surface area contributed by atoms with Crippen molar-refractivity contribution >= 4 is 11.6 Å². The summed E-state index contributed by atoms with van der Waals surface area (Å²) in [6.07, 6.45) is 0. The Morgan fingerprint density at radius 2 is 2.06 bits per heavy atom. The van der Waals surface area contributed by atoms with E-state index in [-0.39, 0.29) is 11.9 Å². The van der Waals surface area contributed by atoms with E-state index in [1.165, 1.54) is 0 Å². The molecule has 4 heteroatoms. The summed E-state index contributed by atoms with van der Waals surface area (Å²) in [4.78, 5) is 13.3. The molecule has 0 fully saturated rings. The highest BCUT2D eigenvalue weighted by Crippen LogP contribution is 2.24. The van der Waals surface area contributed by atoms with E-state index in [2.05, 4.69) is 5.32 Å². The minimum atomic E-state index is -0.272. The molecule has 0 bridgehead atoms. The Morgan fingerprint density at radius 1 is 1.41 bits per heavy atom. The van der Waals surface area contributed by atoms with E-state index in [4.69, 9.17) is 4.74 Å². The van der Waals surface area contributed by atoms with Crippen LogP contribution in [-0.2, 0) is 4.79 Å². The second-order valence-corrected chi connectivity index (χ2v) is 4.03. The van der Waals surface area contributed by atoms with Gasteiger partial charge in [0, 0.05) is 14.1 Å². The number of carbonyl (C=O) groups is 1. The predicted octanol–water partition coefficient (Wildman–Crippen LogP) is 1.97. The molecule has 0 aromatic heterocycles. The second-order valence-electron chi connectivity index (χ2n) is 4.03.